The van der Waals surface area contributed by atoms with Gasteiger partial charge in [0.15, 0.2) is 0 Å². The molecule has 1 aliphatic heterocycles. The molecule has 1 N–H and O–H groups in total. The molecule has 1 fully saturated rings. The second kappa shape index (κ2) is 5.73. The van der Waals surface area contributed by atoms with E-state index in [0.717, 1.165) is 25.2 Å². The SMILES string of the molecule is CC(=O)N1CCCN(c2ccccc2C(=O)O)CC1. The Labute approximate surface area is 112 Å². The van der Waals surface area contributed by atoms with Crippen LogP contribution >= 0.6 is 0 Å². The first-order valence-electron chi connectivity index (χ1n) is 6.42. The zero-order chi connectivity index (χ0) is 13.8. The van der Waals surface area contributed by atoms with Crippen molar-refractivity contribution in [1.29, 1.82) is 0 Å². The lowest BCUT2D eigenvalue weighted by Gasteiger charge is -2.24. The Morgan fingerprint density at radius 3 is 2.53 bits per heavy atom. The molecule has 1 heterocycles. The second-order valence-electron chi connectivity index (χ2n) is 4.67. The number of para-hydroxylation sites is 1. The Hall–Kier alpha value is -2.04. The normalized spacial score (nSPS) is 16.1. The highest BCUT2D eigenvalue weighted by molar-refractivity contribution is 5.94. The van der Waals surface area contributed by atoms with E-state index in [2.05, 4.69) is 0 Å². The maximum Gasteiger partial charge on any atom is 0.337 e. The standard InChI is InChI=1S/C14H18N2O3/c1-11(17)15-7-4-8-16(10-9-15)13-6-3-2-5-12(13)14(18)19/h2-3,5-6H,4,7-10H2,1H3,(H,18,19). The fraction of sp³-hybridized carbons (Fsp3) is 0.429. The van der Waals surface area contributed by atoms with Crippen molar-refractivity contribution in [2.24, 2.45) is 0 Å². The van der Waals surface area contributed by atoms with Crippen molar-refractivity contribution < 1.29 is 14.7 Å². The number of hydrogen-bond acceptors (Lipinski definition) is 3. The molecule has 0 atom stereocenters. The van der Waals surface area contributed by atoms with Crippen LogP contribution in [0.1, 0.15) is 23.7 Å². The van der Waals surface area contributed by atoms with Crippen molar-refractivity contribution >= 4 is 17.6 Å². The molecule has 1 aromatic rings. The van der Waals surface area contributed by atoms with E-state index in [4.69, 9.17) is 0 Å². The van der Waals surface area contributed by atoms with Gasteiger partial charge in [0.05, 0.1) is 11.3 Å². The van der Waals surface area contributed by atoms with Crippen LogP contribution in [0.25, 0.3) is 0 Å². The summed E-state index contributed by atoms with van der Waals surface area (Å²) in [4.78, 5) is 26.5. The van der Waals surface area contributed by atoms with Gasteiger partial charge in [0.2, 0.25) is 5.91 Å². The first-order valence-corrected chi connectivity index (χ1v) is 6.42. The smallest absolute Gasteiger partial charge is 0.337 e. The van der Waals surface area contributed by atoms with E-state index in [0.29, 0.717) is 18.7 Å². The number of anilines is 1. The minimum Gasteiger partial charge on any atom is -0.478 e. The maximum atomic E-state index is 11.4. The van der Waals surface area contributed by atoms with Crippen LogP contribution in [-0.4, -0.2) is 48.1 Å². The number of nitrogens with zero attached hydrogens (tertiary/aromatic N) is 2. The molecular formula is C14H18N2O3. The average Bonchev–Trinajstić information content (AvgIpc) is 2.64. The third-order valence-electron chi connectivity index (χ3n) is 3.42. The van der Waals surface area contributed by atoms with Gasteiger partial charge in [-0.15, -0.1) is 0 Å². The molecule has 1 aliphatic rings. The number of rotatable bonds is 2. The molecule has 0 saturated carbocycles. The predicted octanol–water partition coefficient (Wildman–Crippen LogP) is 1.44. The molecule has 0 aliphatic carbocycles. The molecule has 0 radical (unpaired) electrons. The third kappa shape index (κ3) is 3.05. The van der Waals surface area contributed by atoms with Gasteiger partial charge in [0.1, 0.15) is 0 Å². The summed E-state index contributed by atoms with van der Waals surface area (Å²) in [5.74, 6) is -0.836. The van der Waals surface area contributed by atoms with Crippen LogP contribution in [0.4, 0.5) is 5.69 Å². The minimum atomic E-state index is -0.914. The molecule has 5 nitrogen and oxygen atoms in total. The van der Waals surface area contributed by atoms with Gasteiger partial charge in [0.25, 0.3) is 0 Å². The van der Waals surface area contributed by atoms with Gasteiger partial charge in [-0.2, -0.15) is 0 Å². The fourth-order valence-electron chi connectivity index (χ4n) is 2.40. The fourth-order valence-corrected chi connectivity index (χ4v) is 2.40. The molecule has 19 heavy (non-hydrogen) atoms. The first kappa shape index (κ1) is 13.4. The molecule has 1 aromatic carbocycles. The van der Waals surface area contributed by atoms with E-state index in [1.165, 1.54) is 0 Å². The number of hydrogen-bond donors (Lipinski definition) is 1. The van der Waals surface area contributed by atoms with Gasteiger partial charge in [-0.05, 0) is 18.6 Å². The van der Waals surface area contributed by atoms with E-state index >= 15 is 0 Å². The molecule has 0 spiro atoms. The van der Waals surface area contributed by atoms with Crippen LogP contribution in [0, 0.1) is 0 Å². The summed E-state index contributed by atoms with van der Waals surface area (Å²) < 4.78 is 0. The van der Waals surface area contributed by atoms with Crippen LogP contribution < -0.4 is 4.90 Å². The monoisotopic (exact) mass is 262 g/mol. The summed E-state index contributed by atoms with van der Waals surface area (Å²) in [6.45, 7) is 4.39. The zero-order valence-electron chi connectivity index (χ0n) is 11.0. The maximum absolute atomic E-state index is 11.4. The molecule has 102 valence electrons. The number of benzene rings is 1. The zero-order valence-corrected chi connectivity index (χ0v) is 11.0. The van der Waals surface area contributed by atoms with E-state index in [-0.39, 0.29) is 5.91 Å². The number of carbonyl (C=O) groups is 2. The van der Waals surface area contributed by atoms with Gasteiger partial charge in [-0.25, -0.2) is 4.79 Å². The van der Waals surface area contributed by atoms with Crippen molar-refractivity contribution in [2.75, 3.05) is 31.1 Å². The number of carbonyl (C=O) groups excluding carboxylic acids is 1. The number of amides is 1. The second-order valence-corrected chi connectivity index (χ2v) is 4.67. The topological polar surface area (TPSA) is 60.9 Å². The van der Waals surface area contributed by atoms with E-state index in [1.54, 1.807) is 19.1 Å². The Bertz CT molecular complexity index is 487. The number of carboxylic acid groups (broad SMARTS) is 1. The van der Waals surface area contributed by atoms with Crippen LogP contribution in [0.2, 0.25) is 0 Å². The first-order chi connectivity index (χ1) is 9.09. The quantitative estimate of drug-likeness (QED) is 0.876. The van der Waals surface area contributed by atoms with Gasteiger partial charge < -0.3 is 14.9 Å². The molecular weight excluding hydrogens is 244 g/mol. The summed E-state index contributed by atoms with van der Waals surface area (Å²) in [5.41, 5.74) is 1.05. The molecule has 5 heteroatoms. The van der Waals surface area contributed by atoms with Crippen molar-refractivity contribution in [3.8, 4) is 0 Å². The van der Waals surface area contributed by atoms with Gasteiger partial charge in [-0.3, -0.25) is 4.79 Å². The molecule has 0 unspecified atom stereocenters. The molecule has 2 rings (SSSR count). The molecule has 0 bridgehead atoms. The molecule has 1 saturated heterocycles. The lowest BCUT2D eigenvalue weighted by atomic mass is 10.1. The van der Waals surface area contributed by atoms with E-state index in [1.807, 2.05) is 21.9 Å². The van der Waals surface area contributed by atoms with Crippen molar-refractivity contribution in [2.45, 2.75) is 13.3 Å². The highest BCUT2D eigenvalue weighted by atomic mass is 16.4. The largest absolute Gasteiger partial charge is 0.478 e. The van der Waals surface area contributed by atoms with Gasteiger partial charge in [0, 0.05) is 33.1 Å². The van der Waals surface area contributed by atoms with Crippen LogP contribution in [0.3, 0.4) is 0 Å². The molecule has 0 aromatic heterocycles. The predicted molar refractivity (Wildman–Crippen MR) is 72.5 cm³/mol. The highest BCUT2D eigenvalue weighted by Crippen LogP contribution is 2.21. The summed E-state index contributed by atoms with van der Waals surface area (Å²) in [5, 5.41) is 9.22. The summed E-state index contributed by atoms with van der Waals surface area (Å²) >= 11 is 0. The Kier molecular flexibility index (Phi) is 4.04. The van der Waals surface area contributed by atoms with E-state index in [9.17, 15) is 14.7 Å². The van der Waals surface area contributed by atoms with Crippen molar-refractivity contribution in [3.05, 3.63) is 29.8 Å². The lowest BCUT2D eigenvalue weighted by molar-refractivity contribution is -0.128. The number of aromatic carboxylic acids is 1. The lowest BCUT2D eigenvalue weighted by Crippen LogP contribution is -2.34. The summed E-state index contributed by atoms with van der Waals surface area (Å²) in [6, 6.07) is 7.01. The third-order valence-corrected chi connectivity index (χ3v) is 3.42. The van der Waals surface area contributed by atoms with Gasteiger partial charge in [-0.1, -0.05) is 12.1 Å². The Morgan fingerprint density at radius 2 is 1.84 bits per heavy atom. The van der Waals surface area contributed by atoms with Crippen LogP contribution in [0.5, 0.6) is 0 Å². The minimum absolute atomic E-state index is 0.0772. The van der Waals surface area contributed by atoms with E-state index < -0.39 is 5.97 Å². The summed E-state index contributed by atoms with van der Waals surface area (Å²) in [7, 11) is 0. The Morgan fingerprint density at radius 1 is 1.11 bits per heavy atom. The summed E-state index contributed by atoms with van der Waals surface area (Å²) in [6.07, 6.45) is 0.855. The average molecular weight is 262 g/mol. The van der Waals surface area contributed by atoms with Gasteiger partial charge >= 0.3 is 5.97 Å². The van der Waals surface area contributed by atoms with Crippen molar-refractivity contribution in [1.82, 2.24) is 4.90 Å². The van der Waals surface area contributed by atoms with Crippen molar-refractivity contribution in [3.63, 3.8) is 0 Å². The molecule has 1 amide bonds. The highest BCUT2D eigenvalue weighted by Gasteiger charge is 2.20. The number of carboxylic acids is 1. The van der Waals surface area contributed by atoms with Crippen LogP contribution in [-0.2, 0) is 4.79 Å². The Balaban J connectivity index is 2.19. The van der Waals surface area contributed by atoms with Crippen LogP contribution in [0.15, 0.2) is 24.3 Å².